The summed E-state index contributed by atoms with van der Waals surface area (Å²) < 4.78 is 6.64. The van der Waals surface area contributed by atoms with Crippen LogP contribution < -0.4 is 15.7 Å². The van der Waals surface area contributed by atoms with Gasteiger partial charge in [0.1, 0.15) is 5.75 Å². The van der Waals surface area contributed by atoms with Crippen molar-refractivity contribution >= 4 is 28.5 Å². The van der Waals surface area contributed by atoms with Crippen LogP contribution in [0.5, 0.6) is 5.75 Å². The van der Waals surface area contributed by atoms with Gasteiger partial charge in [0, 0.05) is 6.54 Å². The third-order valence-corrected chi connectivity index (χ3v) is 4.14. The molecular weight excluding hydrogens is 360 g/mol. The van der Waals surface area contributed by atoms with E-state index in [1.54, 1.807) is 36.4 Å². The summed E-state index contributed by atoms with van der Waals surface area (Å²) in [6, 6.07) is 14.1. The normalized spacial score (nSPS) is 11.4. The highest BCUT2D eigenvalue weighted by molar-refractivity contribution is 5.99. The van der Waals surface area contributed by atoms with Crippen molar-refractivity contribution in [2.45, 2.75) is 20.4 Å². The number of para-hydroxylation sites is 1. The second-order valence-corrected chi connectivity index (χ2v) is 6.02. The van der Waals surface area contributed by atoms with Crippen molar-refractivity contribution in [2.75, 3.05) is 12.0 Å². The molecule has 0 unspecified atom stereocenters. The van der Waals surface area contributed by atoms with Crippen LogP contribution in [0.1, 0.15) is 19.4 Å². The highest BCUT2D eigenvalue weighted by atomic mass is 16.5. The van der Waals surface area contributed by atoms with Crippen molar-refractivity contribution in [2.24, 2.45) is 5.10 Å². The van der Waals surface area contributed by atoms with Gasteiger partial charge in [-0.3, -0.25) is 9.36 Å². The van der Waals surface area contributed by atoms with Crippen LogP contribution in [0.25, 0.3) is 10.9 Å². The lowest BCUT2D eigenvalue weighted by Gasteiger charge is -2.11. The number of hydrogen-bond acceptors (Lipinski definition) is 6. The number of carboxylic acid groups (broad SMARTS) is 1. The Morgan fingerprint density at radius 3 is 2.61 bits per heavy atom. The summed E-state index contributed by atoms with van der Waals surface area (Å²) in [7, 11) is 0. The van der Waals surface area contributed by atoms with E-state index in [1.807, 2.05) is 26.0 Å². The number of ether oxygens (including phenoxy) is 1. The molecule has 3 aromatic rings. The van der Waals surface area contributed by atoms with Crippen LogP contribution >= 0.6 is 0 Å². The van der Waals surface area contributed by atoms with Crippen LogP contribution in [0.4, 0.5) is 5.95 Å². The fourth-order valence-electron chi connectivity index (χ4n) is 2.68. The number of aromatic nitrogens is 2. The first-order chi connectivity index (χ1) is 13.5. The van der Waals surface area contributed by atoms with Gasteiger partial charge in [0.15, 0.2) is 6.61 Å². The molecule has 1 aromatic heterocycles. The fraction of sp³-hybridized carbons (Fsp3) is 0.200. The van der Waals surface area contributed by atoms with E-state index in [0.717, 1.165) is 5.56 Å². The molecule has 0 spiro atoms. The lowest BCUT2D eigenvalue weighted by molar-refractivity contribution is -0.139. The van der Waals surface area contributed by atoms with Crippen molar-refractivity contribution < 1.29 is 14.6 Å². The maximum atomic E-state index is 12.6. The number of anilines is 1. The van der Waals surface area contributed by atoms with Crippen LogP contribution in [0.3, 0.4) is 0 Å². The Kier molecular flexibility index (Phi) is 5.69. The minimum Gasteiger partial charge on any atom is -0.482 e. The zero-order chi connectivity index (χ0) is 20.1. The molecule has 1 heterocycles. The SMILES string of the molecule is CCn1c(N/N=C(/C)c2ccc(OCC(=O)O)cc2)nc2ccccc2c1=O. The Balaban J connectivity index is 1.83. The van der Waals surface area contributed by atoms with Gasteiger partial charge in [-0.25, -0.2) is 15.2 Å². The number of rotatable bonds is 7. The quantitative estimate of drug-likeness (QED) is 0.482. The molecule has 0 aliphatic heterocycles. The molecular formula is C20H20N4O4. The average Bonchev–Trinajstić information content (AvgIpc) is 2.71. The van der Waals surface area contributed by atoms with E-state index in [2.05, 4.69) is 15.5 Å². The molecule has 2 N–H and O–H groups in total. The zero-order valence-corrected chi connectivity index (χ0v) is 15.5. The van der Waals surface area contributed by atoms with E-state index in [1.165, 1.54) is 4.57 Å². The highest BCUT2D eigenvalue weighted by Gasteiger charge is 2.09. The van der Waals surface area contributed by atoms with Crippen molar-refractivity contribution in [3.63, 3.8) is 0 Å². The third-order valence-electron chi connectivity index (χ3n) is 4.14. The maximum absolute atomic E-state index is 12.6. The van der Waals surface area contributed by atoms with Gasteiger partial charge in [0.2, 0.25) is 5.95 Å². The molecule has 0 aliphatic carbocycles. The van der Waals surface area contributed by atoms with Gasteiger partial charge < -0.3 is 9.84 Å². The molecule has 0 saturated heterocycles. The number of carboxylic acids is 1. The summed E-state index contributed by atoms with van der Waals surface area (Å²) in [6.07, 6.45) is 0. The number of nitrogens with zero attached hydrogens (tertiary/aromatic N) is 3. The molecule has 0 saturated carbocycles. The van der Waals surface area contributed by atoms with Crippen LogP contribution in [0, 0.1) is 0 Å². The predicted octanol–water partition coefficient (Wildman–Crippen LogP) is 2.72. The smallest absolute Gasteiger partial charge is 0.341 e. The summed E-state index contributed by atoms with van der Waals surface area (Å²) in [4.78, 5) is 27.7. The Hall–Kier alpha value is -3.68. The van der Waals surface area contributed by atoms with Gasteiger partial charge >= 0.3 is 5.97 Å². The maximum Gasteiger partial charge on any atom is 0.341 e. The van der Waals surface area contributed by atoms with Crippen molar-refractivity contribution in [3.8, 4) is 5.75 Å². The number of nitrogens with one attached hydrogen (secondary N) is 1. The van der Waals surface area contributed by atoms with Crippen molar-refractivity contribution in [1.29, 1.82) is 0 Å². The summed E-state index contributed by atoms with van der Waals surface area (Å²) in [5.74, 6) is -0.203. The Morgan fingerprint density at radius 2 is 1.93 bits per heavy atom. The first-order valence-corrected chi connectivity index (χ1v) is 8.74. The van der Waals surface area contributed by atoms with E-state index < -0.39 is 12.6 Å². The monoisotopic (exact) mass is 380 g/mol. The Bertz CT molecular complexity index is 1090. The van der Waals surface area contributed by atoms with Gasteiger partial charge in [-0.1, -0.05) is 12.1 Å². The molecule has 8 heteroatoms. The molecule has 3 rings (SSSR count). The van der Waals surface area contributed by atoms with Gasteiger partial charge in [0.05, 0.1) is 16.6 Å². The van der Waals surface area contributed by atoms with E-state index >= 15 is 0 Å². The Labute approximate surface area is 161 Å². The number of carbonyl (C=O) groups is 1. The van der Waals surface area contributed by atoms with Gasteiger partial charge in [-0.15, -0.1) is 0 Å². The molecule has 0 aliphatic rings. The largest absolute Gasteiger partial charge is 0.482 e. The molecule has 0 fully saturated rings. The van der Waals surface area contributed by atoms with Crippen LogP contribution in [-0.4, -0.2) is 32.9 Å². The molecule has 0 atom stereocenters. The third kappa shape index (κ3) is 4.17. The second kappa shape index (κ2) is 8.34. The van der Waals surface area contributed by atoms with E-state index in [4.69, 9.17) is 9.84 Å². The molecule has 2 aromatic carbocycles. The van der Waals surface area contributed by atoms with Gasteiger partial charge in [0.25, 0.3) is 5.56 Å². The lowest BCUT2D eigenvalue weighted by atomic mass is 10.1. The fourth-order valence-corrected chi connectivity index (χ4v) is 2.68. The second-order valence-electron chi connectivity index (χ2n) is 6.02. The first-order valence-electron chi connectivity index (χ1n) is 8.74. The lowest BCUT2D eigenvalue weighted by Crippen LogP contribution is -2.23. The predicted molar refractivity (Wildman–Crippen MR) is 107 cm³/mol. The summed E-state index contributed by atoms with van der Waals surface area (Å²) in [5.41, 5.74) is 4.86. The number of aliphatic carboxylic acids is 1. The standard InChI is InChI=1S/C20H20N4O4/c1-3-24-19(27)16-6-4-5-7-17(16)21-20(24)23-22-13(2)14-8-10-15(11-9-14)28-12-18(25)26/h4-11H,3,12H2,1-2H3,(H,21,23)(H,25,26)/b22-13-. The summed E-state index contributed by atoms with van der Waals surface area (Å²) >= 11 is 0. The van der Waals surface area contributed by atoms with E-state index in [9.17, 15) is 9.59 Å². The molecule has 0 radical (unpaired) electrons. The van der Waals surface area contributed by atoms with E-state index in [-0.39, 0.29) is 5.56 Å². The van der Waals surface area contributed by atoms with Crippen LogP contribution in [-0.2, 0) is 11.3 Å². The Morgan fingerprint density at radius 1 is 1.21 bits per heavy atom. The summed E-state index contributed by atoms with van der Waals surface area (Å²) in [6.45, 7) is 3.75. The van der Waals surface area contributed by atoms with Crippen LogP contribution in [0.15, 0.2) is 58.4 Å². The number of fused-ring (bicyclic) bond motifs is 1. The average molecular weight is 380 g/mol. The van der Waals surface area contributed by atoms with E-state index in [0.29, 0.717) is 34.9 Å². The number of benzene rings is 2. The minimum absolute atomic E-state index is 0.122. The molecule has 0 bridgehead atoms. The molecule has 144 valence electrons. The first kappa shape index (κ1) is 19.1. The zero-order valence-electron chi connectivity index (χ0n) is 15.5. The van der Waals surface area contributed by atoms with Gasteiger partial charge in [-0.05, 0) is 55.8 Å². The highest BCUT2D eigenvalue weighted by Crippen LogP contribution is 2.14. The van der Waals surface area contributed by atoms with Crippen molar-refractivity contribution in [3.05, 3.63) is 64.4 Å². The summed E-state index contributed by atoms with van der Waals surface area (Å²) in [5, 5.41) is 13.5. The van der Waals surface area contributed by atoms with Crippen molar-refractivity contribution in [1.82, 2.24) is 9.55 Å². The number of hydrogen-bond donors (Lipinski definition) is 2. The topological polar surface area (TPSA) is 106 Å². The number of hydrazone groups is 1. The van der Waals surface area contributed by atoms with Crippen LogP contribution in [0.2, 0.25) is 0 Å². The van der Waals surface area contributed by atoms with Gasteiger partial charge in [-0.2, -0.15) is 5.10 Å². The molecule has 28 heavy (non-hydrogen) atoms. The minimum atomic E-state index is -1.03. The molecule has 8 nitrogen and oxygen atoms in total. The molecule has 0 amide bonds.